The standard InChI is InChI=1S/C19H15F2N5/c1-11-7-16-17(24-10-23-16)9-14(11)15-5-6-22-19(26-15)25-13-4-2-3-12(8-13)18(20)21/h2-10,18H,1H3,(H,23,24)(H,22,25,26). The number of halogens is 2. The number of aryl methyl sites for hydroxylation is 1. The lowest BCUT2D eigenvalue weighted by atomic mass is 10.0. The van der Waals surface area contributed by atoms with E-state index in [-0.39, 0.29) is 5.56 Å². The van der Waals surface area contributed by atoms with E-state index in [0.717, 1.165) is 27.9 Å². The van der Waals surface area contributed by atoms with Crippen molar-refractivity contribution in [2.24, 2.45) is 0 Å². The maximum atomic E-state index is 12.8. The fourth-order valence-electron chi connectivity index (χ4n) is 2.82. The van der Waals surface area contributed by atoms with Crippen LogP contribution in [0.3, 0.4) is 0 Å². The average molecular weight is 351 g/mol. The molecule has 26 heavy (non-hydrogen) atoms. The fourth-order valence-corrected chi connectivity index (χ4v) is 2.82. The zero-order chi connectivity index (χ0) is 18.1. The lowest BCUT2D eigenvalue weighted by molar-refractivity contribution is 0.151. The number of imidazole rings is 1. The predicted molar refractivity (Wildman–Crippen MR) is 96.5 cm³/mol. The third kappa shape index (κ3) is 3.11. The van der Waals surface area contributed by atoms with E-state index in [1.807, 2.05) is 25.1 Å². The number of aromatic nitrogens is 4. The van der Waals surface area contributed by atoms with E-state index in [1.165, 1.54) is 12.1 Å². The number of benzene rings is 2. The molecule has 0 amide bonds. The van der Waals surface area contributed by atoms with Crippen molar-refractivity contribution in [3.63, 3.8) is 0 Å². The maximum absolute atomic E-state index is 12.8. The summed E-state index contributed by atoms with van der Waals surface area (Å²) in [4.78, 5) is 16.1. The molecule has 0 radical (unpaired) electrons. The lowest BCUT2D eigenvalue weighted by Crippen LogP contribution is -1.99. The van der Waals surface area contributed by atoms with Gasteiger partial charge < -0.3 is 10.3 Å². The first kappa shape index (κ1) is 16.1. The van der Waals surface area contributed by atoms with Gasteiger partial charge in [0.25, 0.3) is 6.43 Å². The number of hydrogen-bond donors (Lipinski definition) is 2. The molecule has 4 rings (SSSR count). The average Bonchev–Trinajstić information content (AvgIpc) is 3.08. The first-order chi connectivity index (χ1) is 12.6. The van der Waals surface area contributed by atoms with Crippen molar-refractivity contribution < 1.29 is 8.78 Å². The summed E-state index contributed by atoms with van der Waals surface area (Å²) >= 11 is 0. The summed E-state index contributed by atoms with van der Waals surface area (Å²) in [5.74, 6) is 0.343. The number of alkyl halides is 2. The molecule has 5 nitrogen and oxygen atoms in total. The summed E-state index contributed by atoms with van der Waals surface area (Å²) in [5, 5.41) is 2.98. The van der Waals surface area contributed by atoms with Crippen LogP contribution >= 0.6 is 0 Å². The van der Waals surface area contributed by atoms with Crippen molar-refractivity contribution >= 4 is 22.7 Å². The van der Waals surface area contributed by atoms with Gasteiger partial charge in [-0.15, -0.1) is 0 Å². The van der Waals surface area contributed by atoms with Crippen molar-refractivity contribution in [1.29, 1.82) is 0 Å². The van der Waals surface area contributed by atoms with Gasteiger partial charge in [0.1, 0.15) is 0 Å². The van der Waals surface area contributed by atoms with Gasteiger partial charge in [0, 0.05) is 23.0 Å². The Balaban J connectivity index is 1.68. The van der Waals surface area contributed by atoms with Crippen LogP contribution in [0.1, 0.15) is 17.6 Å². The minimum atomic E-state index is -2.52. The Labute approximate surface area is 148 Å². The van der Waals surface area contributed by atoms with Crippen LogP contribution in [0, 0.1) is 6.92 Å². The Morgan fingerprint density at radius 3 is 2.81 bits per heavy atom. The summed E-state index contributed by atoms with van der Waals surface area (Å²) in [7, 11) is 0. The largest absolute Gasteiger partial charge is 0.345 e. The Morgan fingerprint density at radius 2 is 1.96 bits per heavy atom. The number of hydrogen-bond acceptors (Lipinski definition) is 4. The molecule has 2 aromatic carbocycles. The minimum Gasteiger partial charge on any atom is -0.345 e. The molecule has 0 saturated carbocycles. The summed E-state index contributed by atoms with van der Waals surface area (Å²) < 4.78 is 25.7. The van der Waals surface area contributed by atoms with Crippen LogP contribution in [0.15, 0.2) is 55.0 Å². The molecule has 0 saturated heterocycles. The van der Waals surface area contributed by atoms with Gasteiger partial charge in [-0.2, -0.15) is 0 Å². The topological polar surface area (TPSA) is 66.5 Å². The monoisotopic (exact) mass is 351 g/mol. The number of anilines is 2. The summed E-state index contributed by atoms with van der Waals surface area (Å²) in [6.07, 6.45) is 0.763. The number of fused-ring (bicyclic) bond motifs is 1. The van der Waals surface area contributed by atoms with Crippen LogP contribution in [0.4, 0.5) is 20.4 Å². The predicted octanol–water partition coefficient (Wildman–Crippen LogP) is 5.01. The van der Waals surface area contributed by atoms with Crippen LogP contribution in [0.25, 0.3) is 22.3 Å². The highest BCUT2D eigenvalue weighted by Crippen LogP contribution is 2.27. The van der Waals surface area contributed by atoms with Crippen LogP contribution < -0.4 is 5.32 Å². The molecule has 4 aromatic rings. The van der Waals surface area contributed by atoms with E-state index in [2.05, 4.69) is 25.3 Å². The van der Waals surface area contributed by atoms with E-state index >= 15 is 0 Å². The van der Waals surface area contributed by atoms with Crippen LogP contribution in [0.2, 0.25) is 0 Å². The molecule has 0 aliphatic carbocycles. The van der Waals surface area contributed by atoms with Crippen molar-refractivity contribution in [2.45, 2.75) is 13.3 Å². The normalized spacial score (nSPS) is 11.2. The van der Waals surface area contributed by atoms with Gasteiger partial charge in [-0.1, -0.05) is 12.1 Å². The zero-order valence-electron chi connectivity index (χ0n) is 13.9. The Hall–Kier alpha value is -3.35. The highest BCUT2D eigenvalue weighted by Gasteiger charge is 2.10. The van der Waals surface area contributed by atoms with Gasteiger partial charge in [0.15, 0.2) is 0 Å². The van der Waals surface area contributed by atoms with Gasteiger partial charge in [0.05, 0.1) is 23.1 Å². The first-order valence-electron chi connectivity index (χ1n) is 8.02. The number of nitrogens with zero attached hydrogens (tertiary/aromatic N) is 3. The molecule has 2 N–H and O–H groups in total. The highest BCUT2D eigenvalue weighted by molar-refractivity contribution is 5.83. The van der Waals surface area contributed by atoms with Gasteiger partial charge >= 0.3 is 0 Å². The molecule has 0 aliphatic heterocycles. The second kappa shape index (κ2) is 6.51. The molecular weight excluding hydrogens is 336 g/mol. The van der Waals surface area contributed by atoms with Gasteiger partial charge in [-0.05, 0) is 42.8 Å². The molecule has 7 heteroatoms. The molecule has 2 heterocycles. The number of aromatic amines is 1. The Morgan fingerprint density at radius 1 is 1.08 bits per heavy atom. The molecular formula is C19H15F2N5. The van der Waals surface area contributed by atoms with Crippen LogP contribution in [-0.2, 0) is 0 Å². The van der Waals surface area contributed by atoms with Gasteiger partial charge in [0.2, 0.25) is 5.95 Å². The summed E-state index contributed by atoms with van der Waals surface area (Å²) in [6.45, 7) is 2.00. The molecule has 0 unspecified atom stereocenters. The molecule has 0 fully saturated rings. The van der Waals surface area contributed by atoms with E-state index < -0.39 is 6.43 Å². The van der Waals surface area contributed by atoms with Crippen molar-refractivity contribution in [1.82, 2.24) is 19.9 Å². The van der Waals surface area contributed by atoms with Crippen LogP contribution in [-0.4, -0.2) is 19.9 Å². The Bertz CT molecular complexity index is 1070. The second-order valence-electron chi connectivity index (χ2n) is 5.90. The van der Waals surface area contributed by atoms with Crippen molar-refractivity contribution in [3.05, 3.63) is 66.1 Å². The van der Waals surface area contributed by atoms with Crippen LogP contribution in [0.5, 0.6) is 0 Å². The molecule has 0 spiro atoms. The molecule has 0 atom stereocenters. The fraction of sp³-hybridized carbons (Fsp3) is 0.105. The lowest BCUT2D eigenvalue weighted by Gasteiger charge is -2.09. The van der Waals surface area contributed by atoms with Crippen molar-refractivity contribution in [2.75, 3.05) is 5.32 Å². The SMILES string of the molecule is Cc1cc2[nH]cnc2cc1-c1ccnc(Nc2cccc(C(F)F)c2)n1. The summed E-state index contributed by atoms with van der Waals surface area (Å²) in [6, 6.07) is 11.8. The van der Waals surface area contributed by atoms with Crippen molar-refractivity contribution in [3.8, 4) is 11.3 Å². The Kier molecular flexibility index (Phi) is 4.04. The molecule has 0 aliphatic rings. The third-order valence-corrected chi connectivity index (χ3v) is 4.09. The molecule has 0 bridgehead atoms. The highest BCUT2D eigenvalue weighted by atomic mass is 19.3. The smallest absolute Gasteiger partial charge is 0.263 e. The third-order valence-electron chi connectivity index (χ3n) is 4.09. The first-order valence-corrected chi connectivity index (χ1v) is 8.02. The minimum absolute atomic E-state index is 0.0500. The van der Waals surface area contributed by atoms with E-state index in [4.69, 9.17) is 0 Å². The van der Waals surface area contributed by atoms with Gasteiger partial charge in [-0.25, -0.2) is 23.7 Å². The quantitative estimate of drug-likeness (QED) is 0.542. The van der Waals surface area contributed by atoms with Gasteiger partial charge in [-0.3, -0.25) is 0 Å². The maximum Gasteiger partial charge on any atom is 0.263 e. The molecule has 2 aromatic heterocycles. The second-order valence-corrected chi connectivity index (χ2v) is 5.90. The van der Waals surface area contributed by atoms with E-state index in [0.29, 0.717) is 11.6 Å². The number of H-pyrrole nitrogens is 1. The number of rotatable bonds is 4. The summed E-state index contributed by atoms with van der Waals surface area (Å²) in [5.41, 5.74) is 4.99. The number of nitrogens with one attached hydrogen (secondary N) is 2. The molecule has 130 valence electrons. The van der Waals surface area contributed by atoms with E-state index in [1.54, 1.807) is 24.7 Å². The van der Waals surface area contributed by atoms with E-state index in [9.17, 15) is 8.78 Å². The zero-order valence-corrected chi connectivity index (χ0v) is 13.9.